The van der Waals surface area contributed by atoms with E-state index in [1.165, 1.54) is 4.57 Å². The molecule has 2 rings (SSSR count). The van der Waals surface area contributed by atoms with Crippen molar-refractivity contribution < 1.29 is 19.8 Å². The van der Waals surface area contributed by atoms with Gasteiger partial charge in [-0.25, -0.2) is 0 Å². The molecule has 0 aromatic carbocycles. The van der Waals surface area contributed by atoms with Crippen LogP contribution >= 0.6 is 0 Å². The predicted octanol–water partition coefficient (Wildman–Crippen LogP) is 0.560. The number of hydrogen-bond donors (Lipinski definition) is 2. The lowest BCUT2D eigenvalue weighted by molar-refractivity contribution is -0.137. The molecule has 0 radical (unpaired) electrons. The minimum Gasteiger partial charge on any atom is -0.480 e. The number of carbonyl (C=O) groups excluding carboxylic acids is 1. The summed E-state index contributed by atoms with van der Waals surface area (Å²) in [6.07, 6.45) is 4.58. The van der Waals surface area contributed by atoms with E-state index in [2.05, 4.69) is 0 Å². The van der Waals surface area contributed by atoms with Crippen molar-refractivity contribution in [3.63, 3.8) is 0 Å². The highest BCUT2D eigenvalue weighted by molar-refractivity contribution is 5.93. The standard InChI is InChI=1S/C13H18N2O4/c16-8-7-15(10-3-1-4-10)13(19)11-5-2-6-14(11)9-12(17)18/h2,5-6,10,16H,1,3-4,7-9H2,(H,17,18). The van der Waals surface area contributed by atoms with Crippen LogP contribution in [0.3, 0.4) is 0 Å². The van der Waals surface area contributed by atoms with Crippen LogP contribution in [0.2, 0.25) is 0 Å². The number of aromatic nitrogens is 1. The van der Waals surface area contributed by atoms with Gasteiger partial charge in [-0.1, -0.05) is 0 Å². The maximum atomic E-state index is 12.4. The first-order valence-corrected chi connectivity index (χ1v) is 6.42. The van der Waals surface area contributed by atoms with Gasteiger partial charge in [-0.2, -0.15) is 0 Å². The number of amides is 1. The Morgan fingerprint density at radius 1 is 1.42 bits per heavy atom. The minimum atomic E-state index is -0.984. The van der Waals surface area contributed by atoms with Crippen molar-refractivity contribution in [1.82, 2.24) is 9.47 Å². The summed E-state index contributed by atoms with van der Waals surface area (Å²) in [6, 6.07) is 3.45. The van der Waals surface area contributed by atoms with Crippen LogP contribution in [0, 0.1) is 0 Å². The SMILES string of the molecule is O=C(O)Cn1cccc1C(=O)N(CCO)C1CCC1. The predicted molar refractivity (Wildman–Crippen MR) is 67.8 cm³/mol. The first-order valence-electron chi connectivity index (χ1n) is 6.42. The van der Waals surface area contributed by atoms with Crippen LogP contribution < -0.4 is 0 Å². The van der Waals surface area contributed by atoms with Gasteiger partial charge in [0.1, 0.15) is 12.2 Å². The van der Waals surface area contributed by atoms with E-state index < -0.39 is 5.97 Å². The molecular formula is C13H18N2O4. The zero-order chi connectivity index (χ0) is 13.8. The lowest BCUT2D eigenvalue weighted by Gasteiger charge is -2.37. The second-order valence-corrected chi connectivity index (χ2v) is 4.72. The van der Waals surface area contributed by atoms with Crippen LogP contribution in [0.4, 0.5) is 0 Å². The molecule has 1 amide bonds. The van der Waals surface area contributed by atoms with E-state index in [9.17, 15) is 9.59 Å². The Hall–Kier alpha value is -1.82. The Balaban J connectivity index is 2.16. The van der Waals surface area contributed by atoms with Gasteiger partial charge in [-0.15, -0.1) is 0 Å². The molecule has 0 saturated heterocycles. The van der Waals surface area contributed by atoms with Gasteiger partial charge in [0, 0.05) is 18.8 Å². The summed E-state index contributed by atoms with van der Waals surface area (Å²) in [5, 5.41) is 17.9. The molecule has 1 aliphatic carbocycles. The van der Waals surface area contributed by atoms with Crippen LogP contribution in [-0.2, 0) is 11.3 Å². The molecule has 6 heteroatoms. The molecule has 1 heterocycles. The van der Waals surface area contributed by atoms with Gasteiger partial charge < -0.3 is 19.7 Å². The third-order valence-corrected chi connectivity index (χ3v) is 3.47. The summed E-state index contributed by atoms with van der Waals surface area (Å²) in [5.74, 6) is -1.19. The van der Waals surface area contributed by atoms with Crippen molar-refractivity contribution >= 4 is 11.9 Å². The monoisotopic (exact) mass is 266 g/mol. The highest BCUT2D eigenvalue weighted by atomic mass is 16.4. The smallest absolute Gasteiger partial charge is 0.323 e. The Labute approximate surface area is 111 Å². The van der Waals surface area contributed by atoms with Crippen LogP contribution in [-0.4, -0.2) is 50.8 Å². The normalized spacial score (nSPS) is 15.0. The van der Waals surface area contributed by atoms with E-state index in [-0.39, 0.29) is 25.1 Å². The van der Waals surface area contributed by atoms with Crippen molar-refractivity contribution in [2.75, 3.05) is 13.2 Å². The second kappa shape index (κ2) is 5.88. The van der Waals surface area contributed by atoms with Gasteiger partial charge in [0.25, 0.3) is 5.91 Å². The molecule has 0 bridgehead atoms. The lowest BCUT2D eigenvalue weighted by atomic mass is 9.91. The van der Waals surface area contributed by atoms with Crippen LogP contribution in [0.25, 0.3) is 0 Å². The van der Waals surface area contributed by atoms with Gasteiger partial charge >= 0.3 is 5.97 Å². The number of hydrogen-bond acceptors (Lipinski definition) is 3. The quantitative estimate of drug-likeness (QED) is 0.788. The minimum absolute atomic E-state index is 0.0815. The number of aliphatic hydroxyl groups excluding tert-OH is 1. The zero-order valence-corrected chi connectivity index (χ0v) is 10.7. The van der Waals surface area contributed by atoms with E-state index >= 15 is 0 Å². The number of rotatable bonds is 6. The molecule has 1 aromatic rings. The fourth-order valence-electron chi connectivity index (χ4n) is 2.30. The van der Waals surface area contributed by atoms with Gasteiger partial charge in [0.15, 0.2) is 0 Å². The van der Waals surface area contributed by atoms with E-state index in [1.54, 1.807) is 23.2 Å². The fourth-order valence-corrected chi connectivity index (χ4v) is 2.30. The maximum Gasteiger partial charge on any atom is 0.323 e. The highest BCUT2D eigenvalue weighted by Gasteiger charge is 2.30. The summed E-state index contributed by atoms with van der Waals surface area (Å²) in [6.45, 7) is -0.0185. The molecule has 0 atom stereocenters. The van der Waals surface area contributed by atoms with E-state index in [1.807, 2.05) is 0 Å². The third-order valence-electron chi connectivity index (χ3n) is 3.47. The molecule has 0 unspecified atom stereocenters. The number of nitrogens with zero attached hydrogens (tertiary/aromatic N) is 2. The average molecular weight is 266 g/mol. The van der Waals surface area contributed by atoms with E-state index in [0.29, 0.717) is 12.2 Å². The molecule has 2 N–H and O–H groups in total. The molecule has 19 heavy (non-hydrogen) atoms. The summed E-state index contributed by atoms with van der Waals surface area (Å²) in [7, 11) is 0. The van der Waals surface area contributed by atoms with Gasteiger partial charge in [-0.05, 0) is 31.4 Å². The van der Waals surface area contributed by atoms with Gasteiger partial charge in [-0.3, -0.25) is 9.59 Å². The Bertz CT molecular complexity index is 465. The van der Waals surface area contributed by atoms with Crippen LogP contribution in [0.1, 0.15) is 29.8 Å². The van der Waals surface area contributed by atoms with Crippen molar-refractivity contribution in [2.45, 2.75) is 31.8 Å². The van der Waals surface area contributed by atoms with Crippen molar-refractivity contribution in [3.8, 4) is 0 Å². The summed E-state index contributed by atoms with van der Waals surface area (Å²) in [4.78, 5) is 24.8. The summed E-state index contributed by atoms with van der Waals surface area (Å²) >= 11 is 0. The Morgan fingerprint density at radius 2 is 2.16 bits per heavy atom. The fraction of sp³-hybridized carbons (Fsp3) is 0.538. The third kappa shape index (κ3) is 2.96. The highest BCUT2D eigenvalue weighted by Crippen LogP contribution is 2.26. The molecule has 1 aromatic heterocycles. The summed E-state index contributed by atoms with van der Waals surface area (Å²) in [5.41, 5.74) is 0.364. The van der Waals surface area contributed by atoms with Crippen LogP contribution in [0.5, 0.6) is 0 Å². The number of aliphatic carboxylic acids is 1. The van der Waals surface area contributed by atoms with Crippen molar-refractivity contribution in [2.24, 2.45) is 0 Å². The molecule has 1 aliphatic rings. The van der Waals surface area contributed by atoms with Crippen molar-refractivity contribution in [3.05, 3.63) is 24.0 Å². The molecule has 104 valence electrons. The zero-order valence-electron chi connectivity index (χ0n) is 10.7. The maximum absolute atomic E-state index is 12.4. The molecule has 1 saturated carbocycles. The van der Waals surface area contributed by atoms with E-state index in [0.717, 1.165) is 19.3 Å². The van der Waals surface area contributed by atoms with Crippen LogP contribution in [0.15, 0.2) is 18.3 Å². The number of carboxylic acids is 1. The topological polar surface area (TPSA) is 82.8 Å². The molecule has 6 nitrogen and oxygen atoms in total. The molecular weight excluding hydrogens is 248 g/mol. The lowest BCUT2D eigenvalue weighted by Crippen LogP contribution is -2.46. The molecule has 0 aliphatic heterocycles. The first-order chi connectivity index (χ1) is 9.13. The number of carboxylic acid groups (broad SMARTS) is 1. The summed E-state index contributed by atoms with van der Waals surface area (Å²) < 4.78 is 1.42. The number of aliphatic hydroxyl groups is 1. The average Bonchev–Trinajstić information content (AvgIpc) is 2.72. The second-order valence-electron chi connectivity index (χ2n) is 4.72. The van der Waals surface area contributed by atoms with Gasteiger partial charge in [0.2, 0.25) is 0 Å². The Morgan fingerprint density at radius 3 is 2.68 bits per heavy atom. The first kappa shape index (κ1) is 13.6. The molecule has 1 fully saturated rings. The van der Waals surface area contributed by atoms with Crippen molar-refractivity contribution in [1.29, 1.82) is 0 Å². The van der Waals surface area contributed by atoms with Gasteiger partial charge in [0.05, 0.1) is 6.61 Å². The molecule has 0 spiro atoms. The number of carbonyl (C=O) groups is 2. The largest absolute Gasteiger partial charge is 0.480 e. The van der Waals surface area contributed by atoms with E-state index in [4.69, 9.17) is 10.2 Å². The Kier molecular flexibility index (Phi) is 4.21.